The summed E-state index contributed by atoms with van der Waals surface area (Å²) in [7, 11) is 0. The minimum Gasteiger partial charge on any atom is -0.489 e. The number of aliphatic carboxylic acids is 1. The van der Waals surface area contributed by atoms with Gasteiger partial charge in [0.15, 0.2) is 0 Å². The van der Waals surface area contributed by atoms with Gasteiger partial charge in [-0.05, 0) is 13.0 Å². The van der Waals surface area contributed by atoms with Gasteiger partial charge in [-0.1, -0.05) is 19.1 Å². The number of rotatable bonds is 2. The van der Waals surface area contributed by atoms with Gasteiger partial charge in [0.05, 0.1) is 11.4 Å². The quantitative estimate of drug-likeness (QED) is 0.907. The molecule has 0 aliphatic carbocycles. The van der Waals surface area contributed by atoms with Crippen molar-refractivity contribution in [1.82, 2.24) is 4.90 Å². The van der Waals surface area contributed by atoms with Crippen molar-refractivity contribution in [3.05, 3.63) is 29.3 Å². The number of nitrogens with zero attached hydrogens (tertiary/aromatic N) is 1. The van der Waals surface area contributed by atoms with Crippen LogP contribution in [0.3, 0.4) is 0 Å². The molecule has 1 N–H and O–H groups in total. The van der Waals surface area contributed by atoms with E-state index in [2.05, 4.69) is 6.92 Å². The highest BCUT2D eigenvalue weighted by molar-refractivity contribution is 7.99. The van der Waals surface area contributed by atoms with Crippen molar-refractivity contribution in [3.8, 4) is 5.75 Å². The minimum absolute atomic E-state index is 0.0252. The van der Waals surface area contributed by atoms with Gasteiger partial charge >= 0.3 is 5.97 Å². The van der Waals surface area contributed by atoms with E-state index in [-0.39, 0.29) is 17.9 Å². The van der Waals surface area contributed by atoms with Crippen LogP contribution >= 0.6 is 11.8 Å². The Balaban J connectivity index is 1.95. The lowest BCUT2D eigenvalue weighted by molar-refractivity contribution is -0.140. The van der Waals surface area contributed by atoms with Crippen molar-refractivity contribution in [2.75, 3.05) is 11.6 Å². The van der Waals surface area contributed by atoms with E-state index in [4.69, 9.17) is 4.74 Å². The van der Waals surface area contributed by atoms with E-state index in [1.807, 2.05) is 19.1 Å². The highest BCUT2D eigenvalue weighted by Gasteiger charge is 2.38. The Morgan fingerprint density at radius 2 is 2.14 bits per heavy atom. The molecule has 0 spiro atoms. The molecule has 1 fully saturated rings. The number of benzene rings is 1. The normalized spacial score (nSPS) is 27.3. The number of carboxylic acid groups (broad SMARTS) is 1. The molecular weight excluding hydrogens is 290 g/mol. The van der Waals surface area contributed by atoms with E-state index in [1.165, 1.54) is 16.7 Å². The average Bonchev–Trinajstić information content (AvgIpc) is 3.04. The first-order valence-electron chi connectivity index (χ1n) is 6.91. The summed E-state index contributed by atoms with van der Waals surface area (Å²) in [5.74, 6) is 0.475. The summed E-state index contributed by atoms with van der Waals surface area (Å²) in [6.45, 7) is 4.04. The molecule has 0 radical (unpaired) electrons. The molecule has 1 aromatic carbocycles. The van der Waals surface area contributed by atoms with Crippen LogP contribution in [0.25, 0.3) is 0 Å². The fourth-order valence-corrected chi connectivity index (χ4v) is 3.90. The molecule has 3 rings (SSSR count). The van der Waals surface area contributed by atoms with Gasteiger partial charge in [0.25, 0.3) is 5.91 Å². The van der Waals surface area contributed by atoms with Crippen LogP contribution in [0.5, 0.6) is 5.75 Å². The van der Waals surface area contributed by atoms with Crippen molar-refractivity contribution in [2.45, 2.75) is 31.9 Å². The summed E-state index contributed by atoms with van der Waals surface area (Å²) in [6.07, 6.45) is 0.0252. The lowest BCUT2D eigenvalue weighted by Gasteiger charge is -2.21. The summed E-state index contributed by atoms with van der Waals surface area (Å²) in [4.78, 5) is 25.4. The number of thioether (sulfide) groups is 1. The predicted molar refractivity (Wildman–Crippen MR) is 79.9 cm³/mol. The van der Waals surface area contributed by atoms with E-state index in [0.29, 0.717) is 22.9 Å². The van der Waals surface area contributed by atoms with E-state index in [9.17, 15) is 14.7 Å². The first-order valence-corrected chi connectivity index (χ1v) is 8.07. The van der Waals surface area contributed by atoms with E-state index >= 15 is 0 Å². The number of carboxylic acids is 1. The Bertz CT molecular complexity index is 603. The second-order valence-corrected chi connectivity index (χ2v) is 6.46. The summed E-state index contributed by atoms with van der Waals surface area (Å²) >= 11 is 1.46. The van der Waals surface area contributed by atoms with Gasteiger partial charge in [-0.3, -0.25) is 4.79 Å². The molecule has 1 saturated heterocycles. The molecular formula is C15H17NO4S. The topological polar surface area (TPSA) is 66.8 Å². The molecule has 1 aromatic rings. The number of hydrogen-bond acceptors (Lipinski definition) is 4. The molecule has 6 heteroatoms. The first kappa shape index (κ1) is 14.3. The van der Waals surface area contributed by atoms with Crippen molar-refractivity contribution in [1.29, 1.82) is 0 Å². The van der Waals surface area contributed by atoms with Crippen LogP contribution in [0.2, 0.25) is 0 Å². The standard InChI is InChI=1S/C15H17NO4S/c1-8-9(2)20-13-10(8)4-3-5-11(13)14(17)16-7-21-6-12(16)15(18)19/h3-5,8-9,12H,6-7H2,1-2H3,(H,18,19)/t8?,9?,12-/m0/s1. The summed E-state index contributed by atoms with van der Waals surface area (Å²) in [5, 5.41) is 9.22. The van der Waals surface area contributed by atoms with Gasteiger partial charge in [-0.15, -0.1) is 11.8 Å². The first-order chi connectivity index (χ1) is 10.0. The van der Waals surface area contributed by atoms with Crippen LogP contribution in [-0.4, -0.2) is 45.7 Å². The maximum Gasteiger partial charge on any atom is 0.327 e. The van der Waals surface area contributed by atoms with Crippen molar-refractivity contribution < 1.29 is 19.4 Å². The molecule has 2 aliphatic heterocycles. The zero-order valence-corrected chi connectivity index (χ0v) is 12.7. The highest BCUT2D eigenvalue weighted by atomic mass is 32.2. The zero-order chi connectivity index (χ0) is 15.1. The van der Waals surface area contributed by atoms with Crippen molar-refractivity contribution in [3.63, 3.8) is 0 Å². The lowest BCUT2D eigenvalue weighted by atomic mass is 9.96. The van der Waals surface area contributed by atoms with Crippen LogP contribution in [0, 0.1) is 0 Å². The molecule has 0 saturated carbocycles. The van der Waals surface area contributed by atoms with Crippen molar-refractivity contribution in [2.24, 2.45) is 0 Å². The molecule has 2 aliphatic rings. The third kappa shape index (κ3) is 2.27. The number of carbonyl (C=O) groups excluding carboxylic acids is 1. The Hall–Kier alpha value is -1.69. The molecule has 5 nitrogen and oxygen atoms in total. The maximum absolute atomic E-state index is 12.7. The average molecular weight is 307 g/mol. The fraction of sp³-hybridized carbons (Fsp3) is 0.467. The number of amides is 1. The third-order valence-corrected chi connectivity index (χ3v) is 5.21. The monoisotopic (exact) mass is 307 g/mol. The number of carbonyl (C=O) groups is 2. The Kier molecular flexibility index (Phi) is 3.57. The van der Waals surface area contributed by atoms with E-state index in [1.54, 1.807) is 6.07 Å². The van der Waals surface area contributed by atoms with Gasteiger partial charge in [0.2, 0.25) is 0 Å². The van der Waals surface area contributed by atoms with Gasteiger partial charge in [0, 0.05) is 17.2 Å². The molecule has 21 heavy (non-hydrogen) atoms. The molecule has 2 unspecified atom stereocenters. The second kappa shape index (κ2) is 5.26. The largest absolute Gasteiger partial charge is 0.489 e. The van der Waals surface area contributed by atoms with Crippen LogP contribution in [-0.2, 0) is 4.79 Å². The van der Waals surface area contributed by atoms with Crippen LogP contribution in [0.15, 0.2) is 18.2 Å². The fourth-order valence-electron chi connectivity index (χ4n) is 2.76. The molecule has 0 aromatic heterocycles. The molecule has 0 bridgehead atoms. The minimum atomic E-state index is -0.955. The summed E-state index contributed by atoms with van der Waals surface area (Å²) in [5.41, 5.74) is 1.49. The molecule has 1 amide bonds. The van der Waals surface area contributed by atoms with Crippen LogP contribution in [0.4, 0.5) is 0 Å². The van der Waals surface area contributed by atoms with Crippen LogP contribution in [0.1, 0.15) is 35.7 Å². The second-order valence-electron chi connectivity index (χ2n) is 5.46. The number of fused-ring (bicyclic) bond motifs is 1. The summed E-state index contributed by atoms with van der Waals surface area (Å²) in [6, 6.07) is 4.76. The number of para-hydroxylation sites is 1. The van der Waals surface area contributed by atoms with Gasteiger partial charge in [0.1, 0.15) is 17.9 Å². The van der Waals surface area contributed by atoms with Crippen molar-refractivity contribution >= 4 is 23.6 Å². The Morgan fingerprint density at radius 1 is 1.38 bits per heavy atom. The molecule has 2 heterocycles. The van der Waals surface area contributed by atoms with Gasteiger partial charge in [-0.2, -0.15) is 0 Å². The van der Waals surface area contributed by atoms with Crippen LogP contribution < -0.4 is 4.74 Å². The summed E-state index contributed by atoms with van der Waals surface area (Å²) < 4.78 is 5.82. The van der Waals surface area contributed by atoms with Gasteiger partial charge < -0.3 is 14.7 Å². The molecule has 112 valence electrons. The van der Waals surface area contributed by atoms with E-state index < -0.39 is 12.0 Å². The predicted octanol–water partition coefficient (Wildman–Crippen LogP) is 2.17. The number of hydrogen-bond donors (Lipinski definition) is 1. The SMILES string of the molecule is CC1Oc2c(C(=O)N3CSC[C@H]3C(=O)O)cccc2C1C. The molecule has 3 atom stereocenters. The smallest absolute Gasteiger partial charge is 0.327 e. The maximum atomic E-state index is 12.7. The zero-order valence-electron chi connectivity index (χ0n) is 11.9. The Morgan fingerprint density at radius 3 is 2.86 bits per heavy atom. The number of ether oxygens (including phenoxy) is 1. The van der Waals surface area contributed by atoms with E-state index in [0.717, 1.165) is 5.56 Å². The highest BCUT2D eigenvalue weighted by Crippen LogP contribution is 2.41. The Labute approximate surface area is 127 Å². The third-order valence-electron chi connectivity index (χ3n) is 4.20. The lowest BCUT2D eigenvalue weighted by Crippen LogP contribution is -2.41. The van der Waals surface area contributed by atoms with Gasteiger partial charge in [-0.25, -0.2) is 4.79 Å².